The largest absolute Gasteiger partial charge is 0.298 e. The van der Waals surface area contributed by atoms with Gasteiger partial charge < -0.3 is 0 Å². The van der Waals surface area contributed by atoms with Gasteiger partial charge in [0.25, 0.3) is 0 Å². The van der Waals surface area contributed by atoms with Crippen LogP contribution in [0.1, 0.15) is 25.7 Å². The molecule has 0 aromatic carbocycles. The van der Waals surface area contributed by atoms with Crippen LogP contribution < -0.4 is 5.43 Å². The van der Waals surface area contributed by atoms with Crippen LogP contribution in [0.4, 0.5) is 0 Å². The lowest BCUT2D eigenvalue weighted by atomic mass is 9.89. The minimum Gasteiger partial charge on any atom is -0.298 e. The summed E-state index contributed by atoms with van der Waals surface area (Å²) in [6.07, 6.45) is 5.59. The van der Waals surface area contributed by atoms with E-state index in [0.717, 1.165) is 11.7 Å². The van der Waals surface area contributed by atoms with Crippen LogP contribution in [0.2, 0.25) is 0 Å². The second kappa shape index (κ2) is 4.11. The van der Waals surface area contributed by atoms with Gasteiger partial charge in [-0.1, -0.05) is 24.6 Å². The van der Waals surface area contributed by atoms with Crippen molar-refractivity contribution >= 4 is 16.9 Å². The molecule has 1 N–H and O–H groups in total. The van der Waals surface area contributed by atoms with Gasteiger partial charge in [-0.2, -0.15) is 0 Å². The number of nitrogens with one attached hydrogen (secondary N) is 1. The first-order valence-electron chi connectivity index (χ1n) is 5.31. The van der Waals surface area contributed by atoms with Gasteiger partial charge >= 0.3 is 0 Å². The van der Waals surface area contributed by atoms with Gasteiger partial charge in [-0.15, -0.1) is 0 Å². The maximum Gasteiger partial charge on any atom is 0.171 e. The highest BCUT2D eigenvalue weighted by Crippen LogP contribution is 2.43. The van der Waals surface area contributed by atoms with Crippen molar-refractivity contribution < 1.29 is 0 Å². The molecule has 2 rings (SSSR count). The van der Waals surface area contributed by atoms with Crippen LogP contribution in [-0.2, 0) is 0 Å². The van der Waals surface area contributed by atoms with Crippen LogP contribution in [0.5, 0.6) is 0 Å². The van der Waals surface area contributed by atoms with E-state index in [4.69, 9.17) is 0 Å². The molecular formula is C10H19N3S. The van der Waals surface area contributed by atoms with Crippen LogP contribution in [0.25, 0.3) is 0 Å². The molecule has 0 bridgehead atoms. The van der Waals surface area contributed by atoms with E-state index in [2.05, 4.69) is 10.4 Å². The quantitative estimate of drug-likeness (QED) is 0.672. The number of hydrogen-bond acceptors (Lipinski definition) is 4. The molecule has 2 aliphatic rings. The van der Waals surface area contributed by atoms with Crippen LogP contribution in [0.15, 0.2) is 4.99 Å². The number of thioether (sulfide) groups is 1. The lowest BCUT2D eigenvalue weighted by molar-refractivity contribution is 0.344. The summed E-state index contributed by atoms with van der Waals surface area (Å²) in [5, 5.41) is 3.05. The number of aliphatic imine (C=N–C) groups is 1. The molecule has 0 radical (unpaired) electrons. The maximum absolute atomic E-state index is 4.63. The molecule has 0 aromatic heterocycles. The van der Waals surface area contributed by atoms with E-state index in [0.29, 0.717) is 5.41 Å². The topological polar surface area (TPSA) is 27.6 Å². The number of hydrazine groups is 1. The number of amidine groups is 1. The first-order chi connectivity index (χ1) is 6.70. The minimum atomic E-state index is 0.558. The van der Waals surface area contributed by atoms with Gasteiger partial charge in [0, 0.05) is 26.4 Å². The number of hydrogen-bond donors (Lipinski definition) is 1. The van der Waals surface area contributed by atoms with Crippen LogP contribution >= 0.6 is 11.8 Å². The molecule has 0 atom stereocenters. The van der Waals surface area contributed by atoms with Gasteiger partial charge in [0.2, 0.25) is 0 Å². The summed E-state index contributed by atoms with van der Waals surface area (Å²) in [5.74, 6) is 1.26. The van der Waals surface area contributed by atoms with Crippen LogP contribution in [0.3, 0.4) is 0 Å². The van der Waals surface area contributed by atoms with E-state index >= 15 is 0 Å². The molecule has 1 heterocycles. The predicted molar refractivity (Wildman–Crippen MR) is 62.5 cm³/mol. The molecule has 3 nitrogen and oxygen atoms in total. The Balaban J connectivity index is 1.92. The normalized spacial score (nSPS) is 25.5. The molecule has 0 aromatic rings. The Bertz CT molecular complexity index is 232. The maximum atomic E-state index is 4.63. The zero-order valence-corrected chi connectivity index (χ0v) is 9.86. The van der Waals surface area contributed by atoms with Crippen molar-refractivity contribution in [3.05, 3.63) is 0 Å². The van der Waals surface area contributed by atoms with Crippen molar-refractivity contribution in [2.24, 2.45) is 10.4 Å². The number of nitrogens with zero attached hydrogens (tertiary/aromatic N) is 2. The zero-order valence-electron chi connectivity index (χ0n) is 9.05. The molecule has 1 saturated carbocycles. The van der Waals surface area contributed by atoms with E-state index in [1.54, 1.807) is 0 Å². The summed E-state index contributed by atoms with van der Waals surface area (Å²) in [6.45, 7) is 1.04. The van der Waals surface area contributed by atoms with Crippen molar-refractivity contribution in [1.82, 2.24) is 10.4 Å². The summed E-state index contributed by atoms with van der Waals surface area (Å²) in [7, 11) is 4.01. The van der Waals surface area contributed by atoms with Gasteiger partial charge in [0.15, 0.2) is 5.17 Å². The highest BCUT2D eigenvalue weighted by atomic mass is 32.2. The average Bonchev–Trinajstić information content (AvgIpc) is 2.58. The third-order valence-corrected chi connectivity index (χ3v) is 4.31. The molecule has 4 heteroatoms. The van der Waals surface area contributed by atoms with Gasteiger partial charge in [-0.05, 0) is 18.3 Å². The minimum absolute atomic E-state index is 0.558. The van der Waals surface area contributed by atoms with Gasteiger partial charge in [0.05, 0.1) is 0 Å². The molecule has 1 spiro atoms. The van der Waals surface area contributed by atoms with Crippen molar-refractivity contribution in [3.8, 4) is 0 Å². The lowest BCUT2D eigenvalue weighted by Gasteiger charge is -2.31. The van der Waals surface area contributed by atoms with E-state index in [1.165, 1.54) is 31.4 Å². The smallest absolute Gasteiger partial charge is 0.171 e. The summed E-state index contributed by atoms with van der Waals surface area (Å²) < 4.78 is 0. The Labute approximate surface area is 90.3 Å². The second-order valence-electron chi connectivity index (χ2n) is 4.62. The van der Waals surface area contributed by atoms with Gasteiger partial charge in [-0.25, -0.2) is 5.01 Å². The fraction of sp³-hybridized carbons (Fsp3) is 0.900. The lowest BCUT2D eigenvalue weighted by Crippen LogP contribution is -2.39. The van der Waals surface area contributed by atoms with Crippen molar-refractivity contribution in [2.75, 3.05) is 26.4 Å². The SMILES string of the molecule is CN(C)NC1=NCC2(CCCC2)CS1. The van der Waals surface area contributed by atoms with E-state index < -0.39 is 0 Å². The molecule has 0 amide bonds. The Morgan fingerprint density at radius 3 is 2.57 bits per heavy atom. The number of rotatable bonds is 1. The predicted octanol–water partition coefficient (Wildman–Crippen LogP) is 1.72. The molecule has 0 saturated heterocycles. The fourth-order valence-electron chi connectivity index (χ4n) is 2.24. The van der Waals surface area contributed by atoms with E-state index in [-0.39, 0.29) is 0 Å². The van der Waals surface area contributed by atoms with Gasteiger partial charge in [0.1, 0.15) is 0 Å². The first kappa shape index (κ1) is 10.3. The molecule has 0 unspecified atom stereocenters. The Morgan fingerprint density at radius 1 is 1.36 bits per heavy atom. The van der Waals surface area contributed by atoms with Crippen molar-refractivity contribution in [1.29, 1.82) is 0 Å². The third kappa shape index (κ3) is 2.23. The second-order valence-corrected chi connectivity index (χ2v) is 5.59. The summed E-state index contributed by atoms with van der Waals surface area (Å²) in [6, 6.07) is 0. The molecule has 14 heavy (non-hydrogen) atoms. The third-order valence-electron chi connectivity index (χ3n) is 3.06. The molecule has 1 aliphatic heterocycles. The molecular weight excluding hydrogens is 194 g/mol. The van der Waals surface area contributed by atoms with Crippen molar-refractivity contribution in [2.45, 2.75) is 25.7 Å². The zero-order chi connectivity index (χ0) is 10.0. The summed E-state index contributed by atoms with van der Waals surface area (Å²) in [5.41, 5.74) is 3.79. The van der Waals surface area contributed by atoms with Gasteiger partial charge in [-0.3, -0.25) is 10.4 Å². The summed E-state index contributed by atoms with van der Waals surface area (Å²) >= 11 is 1.88. The Hall–Kier alpha value is -0.220. The molecule has 80 valence electrons. The van der Waals surface area contributed by atoms with Crippen LogP contribution in [0, 0.1) is 5.41 Å². The average molecular weight is 213 g/mol. The summed E-state index contributed by atoms with van der Waals surface area (Å²) in [4.78, 5) is 4.63. The van der Waals surface area contributed by atoms with E-state index in [1.807, 2.05) is 30.9 Å². The molecule has 1 fully saturated rings. The first-order valence-corrected chi connectivity index (χ1v) is 6.30. The standard InChI is InChI=1S/C10H19N3S/c1-13(2)12-9-11-7-10(8-14-9)5-3-4-6-10/h3-8H2,1-2H3,(H,11,12). The monoisotopic (exact) mass is 213 g/mol. The fourth-order valence-corrected chi connectivity index (χ4v) is 3.46. The molecule has 1 aliphatic carbocycles. The highest BCUT2D eigenvalue weighted by molar-refractivity contribution is 8.13. The van der Waals surface area contributed by atoms with Crippen LogP contribution in [-0.4, -0.2) is 36.6 Å². The Morgan fingerprint density at radius 2 is 2.07 bits per heavy atom. The highest BCUT2D eigenvalue weighted by Gasteiger charge is 2.36. The van der Waals surface area contributed by atoms with E-state index in [9.17, 15) is 0 Å². The Kier molecular flexibility index (Phi) is 3.02. The van der Waals surface area contributed by atoms with Crippen molar-refractivity contribution in [3.63, 3.8) is 0 Å².